The molecule has 2 aromatic rings. The number of ether oxygens (including phenoxy) is 2. The molecule has 7 heteroatoms. The van der Waals surface area contributed by atoms with E-state index in [1.54, 1.807) is 19.2 Å². The van der Waals surface area contributed by atoms with Crippen LogP contribution < -0.4 is 9.47 Å². The van der Waals surface area contributed by atoms with Gasteiger partial charge < -0.3 is 14.6 Å². The van der Waals surface area contributed by atoms with Crippen molar-refractivity contribution < 1.29 is 19.4 Å². The van der Waals surface area contributed by atoms with E-state index in [1.165, 1.54) is 12.1 Å². The van der Waals surface area contributed by atoms with Gasteiger partial charge in [0.25, 0.3) is 0 Å². The maximum absolute atomic E-state index is 11.0. The smallest absolute Gasteiger partial charge is 0.335 e. The summed E-state index contributed by atoms with van der Waals surface area (Å²) in [5.41, 5.74) is 0.849. The molecule has 0 unspecified atom stereocenters. The maximum Gasteiger partial charge on any atom is 0.335 e. The van der Waals surface area contributed by atoms with E-state index in [9.17, 15) is 4.79 Å². The summed E-state index contributed by atoms with van der Waals surface area (Å²) in [6.07, 6.45) is 0. The number of carboxylic acids is 1. The molecule has 24 heavy (non-hydrogen) atoms. The highest BCUT2D eigenvalue weighted by Crippen LogP contribution is 2.42. The first-order valence-corrected chi connectivity index (χ1v) is 8.15. The highest BCUT2D eigenvalue weighted by atomic mass is 35.5. The molecule has 0 spiro atoms. The Morgan fingerprint density at radius 1 is 1.00 bits per heavy atom. The third kappa shape index (κ3) is 3.89. The van der Waals surface area contributed by atoms with E-state index in [1.807, 2.05) is 13.8 Å². The second-order valence-corrected chi connectivity index (χ2v) is 6.58. The maximum atomic E-state index is 11.0. The zero-order valence-electron chi connectivity index (χ0n) is 13.2. The minimum atomic E-state index is -1.13. The second-order valence-electron chi connectivity index (χ2n) is 5.36. The molecule has 0 radical (unpaired) electrons. The summed E-state index contributed by atoms with van der Waals surface area (Å²) in [5, 5.41) is 9.60. The molecule has 0 saturated carbocycles. The third-order valence-electron chi connectivity index (χ3n) is 3.34. The van der Waals surface area contributed by atoms with Crippen LogP contribution >= 0.6 is 34.8 Å². The molecule has 0 aliphatic carbocycles. The summed E-state index contributed by atoms with van der Waals surface area (Å²) >= 11 is 18.4. The second kappa shape index (κ2) is 7.51. The van der Waals surface area contributed by atoms with E-state index in [4.69, 9.17) is 49.4 Å². The van der Waals surface area contributed by atoms with Crippen molar-refractivity contribution in [2.75, 3.05) is 7.11 Å². The summed E-state index contributed by atoms with van der Waals surface area (Å²) in [4.78, 5) is 11.0. The van der Waals surface area contributed by atoms with Gasteiger partial charge in [-0.2, -0.15) is 0 Å². The minimum Gasteiger partial charge on any atom is -0.495 e. The van der Waals surface area contributed by atoms with Crippen molar-refractivity contribution in [3.63, 3.8) is 0 Å². The van der Waals surface area contributed by atoms with Gasteiger partial charge in [0.1, 0.15) is 11.5 Å². The van der Waals surface area contributed by atoms with Crippen LogP contribution in [0.2, 0.25) is 15.1 Å². The highest BCUT2D eigenvalue weighted by Gasteiger charge is 2.18. The first-order valence-electron chi connectivity index (χ1n) is 7.02. The summed E-state index contributed by atoms with van der Waals surface area (Å²) in [5.74, 6) is 0.203. The van der Waals surface area contributed by atoms with Crippen LogP contribution in [0, 0.1) is 0 Å². The van der Waals surface area contributed by atoms with Crippen molar-refractivity contribution >= 4 is 40.8 Å². The van der Waals surface area contributed by atoms with Crippen LogP contribution in [0.5, 0.6) is 17.2 Å². The van der Waals surface area contributed by atoms with Crippen LogP contribution in [-0.4, -0.2) is 18.2 Å². The fraction of sp³-hybridized carbons (Fsp3) is 0.235. The van der Waals surface area contributed by atoms with Gasteiger partial charge in [-0.05, 0) is 24.1 Å². The molecule has 0 amide bonds. The van der Waals surface area contributed by atoms with Gasteiger partial charge in [-0.25, -0.2) is 4.79 Å². The van der Waals surface area contributed by atoms with E-state index in [2.05, 4.69) is 0 Å². The SMILES string of the molecule is COc1c(Cl)cc(Oc2c(Cl)cc(C(=O)O)cc2Cl)cc1C(C)C. The number of aromatic carboxylic acids is 1. The predicted octanol–water partition coefficient (Wildman–Crippen LogP) is 6.27. The number of hydrogen-bond donors (Lipinski definition) is 1. The summed E-state index contributed by atoms with van der Waals surface area (Å²) < 4.78 is 11.1. The molecule has 0 fully saturated rings. The van der Waals surface area contributed by atoms with Crippen molar-refractivity contribution in [2.24, 2.45) is 0 Å². The van der Waals surface area contributed by atoms with Gasteiger partial charge in [-0.15, -0.1) is 0 Å². The monoisotopic (exact) mass is 388 g/mol. The number of benzene rings is 2. The Hall–Kier alpha value is -1.62. The lowest BCUT2D eigenvalue weighted by molar-refractivity contribution is 0.0697. The third-order valence-corrected chi connectivity index (χ3v) is 4.18. The van der Waals surface area contributed by atoms with Gasteiger partial charge in [0.2, 0.25) is 0 Å². The lowest BCUT2D eigenvalue weighted by atomic mass is 10.0. The molecule has 1 N–H and O–H groups in total. The first-order chi connectivity index (χ1) is 11.2. The lowest BCUT2D eigenvalue weighted by Crippen LogP contribution is -1.99. The molecule has 4 nitrogen and oxygen atoms in total. The molecule has 0 atom stereocenters. The highest BCUT2D eigenvalue weighted by molar-refractivity contribution is 6.37. The Kier molecular flexibility index (Phi) is 5.86. The van der Waals surface area contributed by atoms with Crippen molar-refractivity contribution in [1.82, 2.24) is 0 Å². The quantitative estimate of drug-likeness (QED) is 0.655. The Balaban J connectivity index is 2.47. The minimum absolute atomic E-state index is 0.0204. The Bertz CT molecular complexity index is 765. The van der Waals surface area contributed by atoms with Crippen molar-refractivity contribution in [3.05, 3.63) is 50.5 Å². The zero-order chi connectivity index (χ0) is 18.0. The topological polar surface area (TPSA) is 55.8 Å². The van der Waals surface area contributed by atoms with Crippen LogP contribution in [0.25, 0.3) is 0 Å². The number of rotatable bonds is 5. The fourth-order valence-electron chi connectivity index (χ4n) is 2.19. The van der Waals surface area contributed by atoms with Crippen LogP contribution in [0.15, 0.2) is 24.3 Å². The zero-order valence-corrected chi connectivity index (χ0v) is 15.5. The number of halogens is 3. The van der Waals surface area contributed by atoms with Gasteiger partial charge >= 0.3 is 5.97 Å². The molecule has 2 aromatic carbocycles. The van der Waals surface area contributed by atoms with Crippen LogP contribution in [0.1, 0.15) is 35.7 Å². The van der Waals surface area contributed by atoms with Gasteiger partial charge in [0.05, 0.1) is 27.7 Å². The number of carbonyl (C=O) groups is 1. The standard InChI is InChI=1S/C17H15Cl3O4/c1-8(2)11-6-10(7-14(20)15(11)23-3)24-16-12(18)4-9(17(21)22)5-13(16)19/h4-8H,1-3H3,(H,21,22). The molecule has 0 bridgehead atoms. The molecule has 0 heterocycles. The van der Waals surface area contributed by atoms with Crippen molar-refractivity contribution in [2.45, 2.75) is 19.8 Å². The molecule has 0 aliphatic rings. The van der Waals surface area contributed by atoms with E-state index < -0.39 is 5.97 Å². The molecule has 128 valence electrons. The first kappa shape index (κ1) is 18.7. The molecule has 2 rings (SSSR count). The van der Waals surface area contributed by atoms with E-state index in [0.29, 0.717) is 16.5 Å². The van der Waals surface area contributed by atoms with Gasteiger partial charge in [0, 0.05) is 11.6 Å². The predicted molar refractivity (Wildman–Crippen MR) is 95.6 cm³/mol. The molecule has 0 aliphatic heterocycles. The molecular formula is C17H15Cl3O4. The molecular weight excluding hydrogens is 375 g/mol. The van der Waals surface area contributed by atoms with E-state index in [0.717, 1.165) is 5.56 Å². The Morgan fingerprint density at radius 3 is 2.00 bits per heavy atom. The average Bonchev–Trinajstić information content (AvgIpc) is 2.49. The number of methoxy groups -OCH3 is 1. The largest absolute Gasteiger partial charge is 0.495 e. The average molecular weight is 390 g/mol. The Labute approximate surface area is 154 Å². The van der Waals surface area contributed by atoms with Crippen LogP contribution in [0.4, 0.5) is 0 Å². The van der Waals surface area contributed by atoms with E-state index >= 15 is 0 Å². The summed E-state index contributed by atoms with van der Waals surface area (Å²) in [7, 11) is 1.55. The van der Waals surface area contributed by atoms with Crippen LogP contribution in [0.3, 0.4) is 0 Å². The molecule has 0 aromatic heterocycles. The van der Waals surface area contributed by atoms with Gasteiger partial charge in [0.15, 0.2) is 5.75 Å². The Morgan fingerprint density at radius 2 is 1.54 bits per heavy atom. The normalized spacial score (nSPS) is 10.8. The van der Waals surface area contributed by atoms with E-state index in [-0.39, 0.29) is 27.3 Å². The van der Waals surface area contributed by atoms with Gasteiger partial charge in [-0.1, -0.05) is 48.7 Å². The van der Waals surface area contributed by atoms with Crippen molar-refractivity contribution in [3.8, 4) is 17.2 Å². The lowest BCUT2D eigenvalue weighted by Gasteiger charge is -2.17. The summed E-state index contributed by atoms with van der Waals surface area (Å²) in [6, 6.07) is 5.93. The van der Waals surface area contributed by atoms with Crippen molar-refractivity contribution in [1.29, 1.82) is 0 Å². The summed E-state index contributed by atoms with van der Waals surface area (Å²) in [6.45, 7) is 4.00. The van der Waals surface area contributed by atoms with Gasteiger partial charge in [-0.3, -0.25) is 0 Å². The van der Waals surface area contributed by atoms with Crippen LogP contribution in [-0.2, 0) is 0 Å². The number of carboxylic acid groups (broad SMARTS) is 1. The number of hydrogen-bond acceptors (Lipinski definition) is 3. The fourth-order valence-corrected chi connectivity index (χ4v) is 3.05. The molecule has 0 saturated heterocycles.